The van der Waals surface area contributed by atoms with Gasteiger partial charge in [-0.3, -0.25) is 0 Å². The number of imidazole rings is 1. The summed E-state index contributed by atoms with van der Waals surface area (Å²) in [4.78, 5) is 4.49. The third-order valence-corrected chi connectivity index (χ3v) is 3.38. The summed E-state index contributed by atoms with van der Waals surface area (Å²) >= 11 is 3.56. The van der Waals surface area contributed by atoms with Gasteiger partial charge >= 0.3 is 0 Å². The van der Waals surface area contributed by atoms with Crippen molar-refractivity contribution >= 4 is 27.0 Å². The molecule has 3 nitrogen and oxygen atoms in total. The number of fused-ring (bicyclic) bond motifs is 1. The lowest BCUT2D eigenvalue weighted by atomic mass is 10.2. The molecule has 0 unspecified atom stereocenters. The number of rotatable bonds is 2. The maximum absolute atomic E-state index is 4.49. The topological polar surface area (TPSA) is 29.9 Å². The summed E-state index contributed by atoms with van der Waals surface area (Å²) in [5, 5.41) is 3.16. The quantitative estimate of drug-likeness (QED) is 0.906. The zero-order chi connectivity index (χ0) is 11.0. The lowest BCUT2D eigenvalue weighted by Crippen LogP contribution is -2.05. The molecule has 1 heterocycles. The van der Waals surface area contributed by atoms with E-state index in [0.29, 0.717) is 0 Å². The van der Waals surface area contributed by atoms with E-state index in [1.807, 2.05) is 21.0 Å². The van der Waals surface area contributed by atoms with Gasteiger partial charge in [0.1, 0.15) is 5.82 Å². The van der Waals surface area contributed by atoms with Crippen LogP contribution in [0.1, 0.15) is 11.4 Å². The summed E-state index contributed by atoms with van der Waals surface area (Å²) in [5.74, 6) is 1.04. The maximum atomic E-state index is 4.49. The smallest absolute Gasteiger partial charge is 0.106 e. The minimum atomic E-state index is 0.862. The van der Waals surface area contributed by atoms with Crippen molar-refractivity contribution in [3.8, 4) is 0 Å². The molecular formula is C11H14BrN3. The molecule has 0 aliphatic rings. The number of hydrogen-bond donors (Lipinski definition) is 1. The van der Waals surface area contributed by atoms with Crippen LogP contribution in [0.15, 0.2) is 16.6 Å². The molecule has 1 aromatic carbocycles. The van der Waals surface area contributed by atoms with Gasteiger partial charge in [-0.15, -0.1) is 0 Å². The monoisotopic (exact) mass is 267 g/mol. The summed E-state index contributed by atoms with van der Waals surface area (Å²) in [6.07, 6.45) is 0. The minimum Gasteiger partial charge on any atom is -0.331 e. The SMILES string of the molecule is CNCc1cc2c(cc1Br)nc(C)n2C. The Morgan fingerprint density at radius 1 is 1.47 bits per heavy atom. The highest BCUT2D eigenvalue weighted by atomic mass is 79.9. The van der Waals surface area contributed by atoms with Crippen molar-refractivity contribution in [2.75, 3.05) is 7.05 Å². The molecule has 0 aliphatic heterocycles. The molecule has 1 N–H and O–H groups in total. The van der Waals surface area contributed by atoms with Crippen molar-refractivity contribution in [2.45, 2.75) is 13.5 Å². The van der Waals surface area contributed by atoms with Crippen LogP contribution in [0, 0.1) is 6.92 Å². The molecule has 0 saturated carbocycles. The van der Waals surface area contributed by atoms with Crippen LogP contribution in [-0.4, -0.2) is 16.6 Å². The average Bonchev–Trinajstić information content (AvgIpc) is 2.45. The van der Waals surface area contributed by atoms with Crippen molar-refractivity contribution in [1.29, 1.82) is 0 Å². The number of nitrogens with zero attached hydrogens (tertiary/aromatic N) is 2. The lowest BCUT2D eigenvalue weighted by molar-refractivity contribution is 0.814. The fourth-order valence-corrected chi connectivity index (χ4v) is 2.17. The number of halogens is 1. The molecule has 0 atom stereocenters. The van der Waals surface area contributed by atoms with Gasteiger partial charge in [0.05, 0.1) is 11.0 Å². The summed E-state index contributed by atoms with van der Waals surface area (Å²) < 4.78 is 3.23. The van der Waals surface area contributed by atoms with Crippen molar-refractivity contribution < 1.29 is 0 Å². The molecule has 0 saturated heterocycles. The number of benzene rings is 1. The third-order valence-electron chi connectivity index (χ3n) is 2.64. The Labute approximate surface area is 97.6 Å². The van der Waals surface area contributed by atoms with Crippen LogP contribution in [0.2, 0.25) is 0 Å². The molecule has 2 aromatic rings. The second-order valence-corrected chi connectivity index (χ2v) is 4.54. The Kier molecular flexibility index (Phi) is 2.80. The van der Waals surface area contributed by atoms with E-state index in [1.54, 1.807) is 0 Å². The van der Waals surface area contributed by atoms with Crippen molar-refractivity contribution in [1.82, 2.24) is 14.9 Å². The summed E-state index contributed by atoms with van der Waals surface area (Å²) in [5.41, 5.74) is 3.48. The lowest BCUT2D eigenvalue weighted by Gasteiger charge is -2.04. The van der Waals surface area contributed by atoms with Gasteiger partial charge in [0.15, 0.2) is 0 Å². The Bertz CT molecular complexity index is 502. The van der Waals surface area contributed by atoms with E-state index in [2.05, 4.69) is 42.9 Å². The predicted octanol–water partition coefficient (Wildman–Crippen LogP) is 2.36. The molecule has 0 radical (unpaired) electrons. The van der Waals surface area contributed by atoms with E-state index >= 15 is 0 Å². The number of nitrogens with one attached hydrogen (secondary N) is 1. The average molecular weight is 268 g/mol. The number of aryl methyl sites for hydroxylation is 2. The van der Waals surface area contributed by atoms with E-state index in [4.69, 9.17) is 0 Å². The number of hydrogen-bond acceptors (Lipinski definition) is 2. The first-order valence-electron chi connectivity index (χ1n) is 4.89. The summed E-state index contributed by atoms with van der Waals surface area (Å²) in [6.45, 7) is 2.88. The van der Waals surface area contributed by atoms with E-state index in [-0.39, 0.29) is 0 Å². The van der Waals surface area contributed by atoms with E-state index < -0.39 is 0 Å². The molecule has 4 heteroatoms. The van der Waals surface area contributed by atoms with Crippen LogP contribution in [0.4, 0.5) is 0 Å². The summed E-state index contributed by atoms with van der Waals surface area (Å²) in [6, 6.07) is 4.25. The normalized spacial score (nSPS) is 11.2. The van der Waals surface area contributed by atoms with Crippen molar-refractivity contribution in [3.05, 3.63) is 28.0 Å². The highest BCUT2D eigenvalue weighted by Gasteiger charge is 2.07. The molecule has 2 rings (SSSR count). The molecule has 0 amide bonds. The first-order chi connectivity index (χ1) is 7.13. The van der Waals surface area contributed by atoms with Gasteiger partial charge in [0.2, 0.25) is 0 Å². The first-order valence-corrected chi connectivity index (χ1v) is 5.69. The largest absolute Gasteiger partial charge is 0.331 e. The van der Waals surface area contributed by atoms with Crippen molar-refractivity contribution in [3.63, 3.8) is 0 Å². The van der Waals surface area contributed by atoms with E-state index in [1.165, 1.54) is 11.1 Å². The van der Waals surface area contributed by atoms with Crippen LogP contribution in [0.3, 0.4) is 0 Å². The van der Waals surface area contributed by atoms with Gasteiger partial charge in [0.25, 0.3) is 0 Å². The van der Waals surface area contributed by atoms with E-state index in [9.17, 15) is 0 Å². The van der Waals surface area contributed by atoms with Crippen LogP contribution in [0.25, 0.3) is 11.0 Å². The zero-order valence-electron chi connectivity index (χ0n) is 9.13. The third kappa shape index (κ3) is 1.79. The van der Waals surface area contributed by atoms with Crippen molar-refractivity contribution in [2.24, 2.45) is 7.05 Å². The van der Waals surface area contributed by atoms with Gasteiger partial charge in [-0.1, -0.05) is 15.9 Å². The Balaban J connectivity index is 2.66. The highest BCUT2D eigenvalue weighted by molar-refractivity contribution is 9.10. The molecule has 0 spiro atoms. The fraction of sp³-hybridized carbons (Fsp3) is 0.364. The first kappa shape index (κ1) is 10.6. The molecule has 1 aromatic heterocycles. The number of aromatic nitrogens is 2. The standard InChI is InChI=1S/C11H14BrN3/c1-7-14-10-5-9(12)8(6-13-2)4-11(10)15(7)3/h4-5,13H,6H2,1-3H3. The van der Waals surface area contributed by atoms with Crippen LogP contribution in [0.5, 0.6) is 0 Å². The zero-order valence-corrected chi connectivity index (χ0v) is 10.7. The van der Waals surface area contributed by atoms with Crippen LogP contribution < -0.4 is 5.32 Å². The fourth-order valence-electron chi connectivity index (χ4n) is 1.70. The van der Waals surface area contributed by atoms with Gasteiger partial charge in [-0.25, -0.2) is 4.98 Å². The molecule has 15 heavy (non-hydrogen) atoms. The molecule has 0 fully saturated rings. The molecule has 0 aliphatic carbocycles. The van der Waals surface area contributed by atoms with Crippen LogP contribution in [-0.2, 0) is 13.6 Å². The second kappa shape index (κ2) is 3.94. The predicted molar refractivity (Wildman–Crippen MR) is 65.9 cm³/mol. The Morgan fingerprint density at radius 3 is 2.87 bits per heavy atom. The van der Waals surface area contributed by atoms with Gasteiger partial charge in [-0.2, -0.15) is 0 Å². The maximum Gasteiger partial charge on any atom is 0.106 e. The molecule has 80 valence electrons. The molecular weight excluding hydrogens is 254 g/mol. The highest BCUT2D eigenvalue weighted by Crippen LogP contribution is 2.24. The van der Waals surface area contributed by atoms with Gasteiger partial charge < -0.3 is 9.88 Å². The Morgan fingerprint density at radius 2 is 2.20 bits per heavy atom. The second-order valence-electron chi connectivity index (χ2n) is 3.68. The summed E-state index contributed by atoms with van der Waals surface area (Å²) in [7, 11) is 3.99. The van der Waals surface area contributed by atoms with Gasteiger partial charge in [0, 0.05) is 18.1 Å². The Hall–Kier alpha value is -0.870. The minimum absolute atomic E-state index is 0.862. The molecule has 0 bridgehead atoms. The van der Waals surface area contributed by atoms with Gasteiger partial charge in [-0.05, 0) is 31.7 Å². The van der Waals surface area contributed by atoms with E-state index in [0.717, 1.165) is 22.4 Å². The van der Waals surface area contributed by atoms with Crippen LogP contribution >= 0.6 is 15.9 Å².